The Bertz CT molecular complexity index is 608. The minimum Gasteiger partial charge on any atom is -0.382 e. The number of rotatable bonds is 2. The number of benzene rings is 1. The van der Waals surface area contributed by atoms with Crippen molar-refractivity contribution in [1.29, 1.82) is 0 Å². The van der Waals surface area contributed by atoms with Crippen molar-refractivity contribution >= 4 is 5.82 Å². The van der Waals surface area contributed by atoms with Crippen LogP contribution in [0.5, 0.6) is 0 Å². The molecular weight excluding hydrogens is 224 g/mol. The van der Waals surface area contributed by atoms with E-state index in [-0.39, 0.29) is 0 Å². The molecule has 1 heterocycles. The van der Waals surface area contributed by atoms with Crippen molar-refractivity contribution < 1.29 is 0 Å². The predicted molar refractivity (Wildman–Crippen MR) is 73.7 cm³/mol. The van der Waals surface area contributed by atoms with E-state index < -0.39 is 0 Å². The molecule has 0 radical (unpaired) electrons. The second kappa shape index (κ2) is 3.77. The highest BCUT2D eigenvalue weighted by atomic mass is 15.4. The molecule has 1 saturated carbocycles. The van der Waals surface area contributed by atoms with Gasteiger partial charge in [-0.05, 0) is 32.3 Å². The summed E-state index contributed by atoms with van der Waals surface area (Å²) in [5.74, 6) is 7.97. The first kappa shape index (κ1) is 11.1. The van der Waals surface area contributed by atoms with Crippen LogP contribution in [0.1, 0.15) is 35.7 Å². The summed E-state index contributed by atoms with van der Waals surface area (Å²) in [6, 6.07) is 6.29. The van der Waals surface area contributed by atoms with Gasteiger partial charge in [0, 0.05) is 11.5 Å². The van der Waals surface area contributed by atoms with Gasteiger partial charge in [0.25, 0.3) is 0 Å². The van der Waals surface area contributed by atoms with Crippen molar-refractivity contribution in [3.05, 3.63) is 35.2 Å². The monoisotopic (exact) mass is 242 g/mol. The third-order valence-electron chi connectivity index (χ3n) is 3.55. The lowest BCUT2D eigenvalue weighted by atomic mass is 10.0. The molecular formula is C14H18N4. The van der Waals surface area contributed by atoms with Gasteiger partial charge in [0.2, 0.25) is 0 Å². The topological polar surface area (TPSA) is 69.9 Å². The average Bonchev–Trinajstić information content (AvgIpc) is 3.11. The molecule has 94 valence electrons. The molecule has 18 heavy (non-hydrogen) atoms. The summed E-state index contributed by atoms with van der Waals surface area (Å²) in [6.07, 6.45) is 2.33. The van der Waals surface area contributed by atoms with Crippen LogP contribution >= 0.6 is 0 Å². The molecule has 1 aliphatic rings. The van der Waals surface area contributed by atoms with E-state index in [0.717, 1.165) is 17.1 Å². The fourth-order valence-electron chi connectivity index (χ4n) is 2.37. The molecule has 0 bridgehead atoms. The fourth-order valence-corrected chi connectivity index (χ4v) is 2.37. The van der Waals surface area contributed by atoms with Crippen LogP contribution in [0.25, 0.3) is 11.3 Å². The Labute approximate surface area is 107 Å². The first-order chi connectivity index (χ1) is 8.58. The van der Waals surface area contributed by atoms with Crippen LogP contribution in [0.4, 0.5) is 5.82 Å². The van der Waals surface area contributed by atoms with Crippen molar-refractivity contribution in [2.45, 2.75) is 32.6 Å². The lowest BCUT2D eigenvalue weighted by molar-refractivity contribution is 0.855. The summed E-state index contributed by atoms with van der Waals surface area (Å²) < 4.78 is 1.55. The molecule has 0 spiro atoms. The average molecular weight is 242 g/mol. The van der Waals surface area contributed by atoms with Crippen LogP contribution in [-0.2, 0) is 0 Å². The highest BCUT2D eigenvalue weighted by molar-refractivity contribution is 5.74. The van der Waals surface area contributed by atoms with E-state index in [1.807, 2.05) is 0 Å². The molecule has 4 N–H and O–H groups in total. The van der Waals surface area contributed by atoms with Gasteiger partial charge >= 0.3 is 0 Å². The first-order valence-electron chi connectivity index (χ1n) is 6.28. The molecule has 4 heteroatoms. The smallest absolute Gasteiger partial charge is 0.150 e. The van der Waals surface area contributed by atoms with Crippen LogP contribution in [0, 0.1) is 13.8 Å². The number of imidazole rings is 1. The third-order valence-corrected chi connectivity index (χ3v) is 3.55. The third kappa shape index (κ3) is 1.65. The molecule has 3 rings (SSSR count). The fraction of sp³-hybridized carbons (Fsp3) is 0.357. The Morgan fingerprint density at radius 3 is 2.61 bits per heavy atom. The van der Waals surface area contributed by atoms with Gasteiger partial charge in [0.1, 0.15) is 11.5 Å². The van der Waals surface area contributed by atoms with Crippen molar-refractivity contribution in [3.8, 4) is 11.3 Å². The van der Waals surface area contributed by atoms with Gasteiger partial charge in [0.05, 0.1) is 0 Å². The van der Waals surface area contributed by atoms with Crippen molar-refractivity contribution in [1.82, 2.24) is 9.66 Å². The Morgan fingerprint density at radius 1 is 1.28 bits per heavy atom. The number of nitrogens with two attached hydrogens (primary N) is 2. The quantitative estimate of drug-likeness (QED) is 0.794. The highest BCUT2D eigenvalue weighted by Gasteiger charge is 2.30. The van der Waals surface area contributed by atoms with Gasteiger partial charge in [-0.15, -0.1) is 0 Å². The van der Waals surface area contributed by atoms with E-state index in [1.165, 1.54) is 24.0 Å². The molecule has 4 nitrogen and oxygen atoms in total. The van der Waals surface area contributed by atoms with E-state index in [0.29, 0.717) is 11.7 Å². The second-order valence-corrected chi connectivity index (χ2v) is 5.17. The molecule has 1 aliphatic carbocycles. The highest BCUT2D eigenvalue weighted by Crippen LogP contribution is 2.41. The lowest BCUT2D eigenvalue weighted by Crippen LogP contribution is -2.14. The van der Waals surface area contributed by atoms with Gasteiger partial charge < -0.3 is 11.6 Å². The van der Waals surface area contributed by atoms with Gasteiger partial charge in [-0.3, -0.25) is 0 Å². The summed E-state index contributed by atoms with van der Waals surface area (Å²) in [4.78, 5) is 4.65. The molecule has 1 aromatic heterocycles. The van der Waals surface area contributed by atoms with Gasteiger partial charge in [-0.2, -0.15) is 0 Å². The van der Waals surface area contributed by atoms with E-state index >= 15 is 0 Å². The summed E-state index contributed by atoms with van der Waals surface area (Å²) in [5.41, 5.74) is 10.4. The van der Waals surface area contributed by atoms with E-state index in [9.17, 15) is 0 Å². The first-order valence-corrected chi connectivity index (χ1v) is 6.28. The zero-order valence-electron chi connectivity index (χ0n) is 10.8. The van der Waals surface area contributed by atoms with Crippen LogP contribution in [0.15, 0.2) is 18.2 Å². The number of hydrogen-bond donors (Lipinski definition) is 2. The zero-order valence-corrected chi connectivity index (χ0v) is 10.8. The van der Waals surface area contributed by atoms with E-state index in [4.69, 9.17) is 11.6 Å². The molecule has 0 saturated heterocycles. The van der Waals surface area contributed by atoms with Crippen LogP contribution in [0.3, 0.4) is 0 Å². The number of aryl methyl sites for hydroxylation is 2. The zero-order chi connectivity index (χ0) is 12.9. The maximum atomic E-state index is 6.08. The van der Waals surface area contributed by atoms with Crippen molar-refractivity contribution in [2.24, 2.45) is 0 Å². The summed E-state index contributed by atoms with van der Waals surface area (Å²) >= 11 is 0. The molecule has 2 aromatic rings. The number of aromatic nitrogens is 2. The van der Waals surface area contributed by atoms with Crippen LogP contribution in [0.2, 0.25) is 0 Å². The predicted octanol–water partition coefficient (Wildman–Crippen LogP) is 2.34. The standard InChI is InChI=1S/C14H18N4/c1-8-3-6-11(9(2)7-8)12-13(15)18(16)14(17-12)10-4-5-10/h3,6-7,10H,4-5,15-16H2,1-2H3. The largest absolute Gasteiger partial charge is 0.382 e. The Kier molecular flexibility index (Phi) is 2.33. The van der Waals surface area contributed by atoms with Gasteiger partial charge in [0.15, 0.2) is 5.82 Å². The molecule has 1 fully saturated rings. The lowest BCUT2D eigenvalue weighted by Gasteiger charge is -2.05. The van der Waals surface area contributed by atoms with Gasteiger partial charge in [-0.25, -0.2) is 9.66 Å². The van der Waals surface area contributed by atoms with Gasteiger partial charge in [-0.1, -0.05) is 23.8 Å². The van der Waals surface area contributed by atoms with E-state index in [1.54, 1.807) is 4.68 Å². The Balaban J connectivity index is 2.13. The minimum atomic E-state index is 0.497. The summed E-state index contributed by atoms with van der Waals surface area (Å²) in [5, 5.41) is 0. The number of nitrogens with zero attached hydrogens (tertiary/aromatic N) is 2. The maximum absolute atomic E-state index is 6.08. The SMILES string of the molecule is Cc1ccc(-c2nc(C3CC3)n(N)c2N)c(C)c1. The Morgan fingerprint density at radius 2 is 2.00 bits per heavy atom. The van der Waals surface area contributed by atoms with Crippen molar-refractivity contribution in [2.75, 3.05) is 11.6 Å². The second-order valence-electron chi connectivity index (χ2n) is 5.17. The summed E-state index contributed by atoms with van der Waals surface area (Å²) in [6.45, 7) is 4.16. The molecule has 0 amide bonds. The molecule has 0 atom stereocenters. The Hall–Kier alpha value is -1.97. The van der Waals surface area contributed by atoms with Crippen LogP contribution in [-0.4, -0.2) is 9.66 Å². The molecule has 1 aromatic carbocycles. The number of anilines is 1. The summed E-state index contributed by atoms with van der Waals surface area (Å²) in [7, 11) is 0. The molecule has 0 unspecified atom stereocenters. The normalized spacial score (nSPS) is 15.0. The number of hydrogen-bond acceptors (Lipinski definition) is 3. The van der Waals surface area contributed by atoms with Crippen molar-refractivity contribution in [3.63, 3.8) is 0 Å². The number of nitrogen functional groups attached to an aromatic ring is 2. The van der Waals surface area contributed by atoms with Crippen LogP contribution < -0.4 is 11.6 Å². The van der Waals surface area contributed by atoms with E-state index in [2.05, 4.69) is 37.0 Å². The molecule has 0 aliphatic heterocycles. The maximum Gasteiger partial charge on any atom is 0.150 e. The minimum absolute atomic E-state index is 0.497.